The Bertz CT molecular complexity index is 1420. The second-order valence-electron chi connectivity index (χ2n) is 9.28. The van der Waals surface area contributed by atoms with Gasteiger partial charge in [-0.15, -0.1) is 0 Å². The Hall–Kier alpha value is -4.76. The van der Waals surface area contributed by atoms with Gasteiger partial charge in [-0.3, -0.25) is 19.5 Å². The molecular weight excluding hydrogens is 497 g/mol. The van der Waals surface area contributed by atoms with Gasteiger partial charge in [-0.1, -0.05) is 12.1 Å². The van der Waals surface area contributed by atoms with Gasteiger partial charge in [-0.05, 0) is 78.4 Å². The molecule has 2 heterocycles. The summed E-state index contributed by atoms with van der Waals surface area (Å²) < 4.78 is 18.9. The van der Waals surface area contributed by atoms with Crippen LogP contribution in [-0.2, 0) is 6.54 Å². The monoisotopic (exact) mass is 525 g/mol. The number of amides is 2. The van der Waals surface area contributed by atoms with Crippen LogP contribution in [-0.4, -0.2) is 52.8 Å². The number of ether oxygens (including phenoxy) is 1. The lowest BCUT2D eigenvalue weighted by atomic mass is 10.1. The van der Waals surface area contributed by atoms with Gasteiger partial charge in [-0.25, -0.2) is 4.39 Å². The summed E-state index contributed by atoms with van der Waals surface area (Å²) in [5, 5.41) is 2.80. The maximum Gasteiger partial charge on any atom is 0.274 e. The molecule has 3 aromatic carbocycles. The highest BCUT2D eigenvalue weighted by molar-refractivity contribution is 6.03. The topological polar surface area (TPSA) is 101 Å². The van der Waals surface area contributed by atoms with Gasteiger partial charge in [0.1, 0.15) is 23.0 Å². The fraction of sp³-hybridized carbons (Fsp3) is 0.167. The minimum Gasteiger partial charge on any atom is -0.457 e. The average Bonchev–Trinajstić information content (AvgIpc) is 2.96. The number of pyridine rings is 1. The van der Waals surface area contributed by atoms with Crippen molar-refractivity contribution in [3.8, 4) is 11.5 Å². The van der Waals surface area contributed by atoms with E-state index in [1.807, 2.05) is 0 Å². The molecule has 2 amide bonds. The molecule has 198 valence electrons. The number of nitrogen functional groups attached to an aromatic ring is 1. The molecule has 5 rings (SSSR count). The molecule has 9 heteroatoms. The average molecular weight is 526 g/mol. The summed E-state index contributed by atoms with van der Waals surface area (Å²) in [6.45, 7) is 3.33. The Labute approximate surface area is 225 Å². The van der Waals surface area contributed by atoms with Gasteiger partial charge in [0.25, 0.3) is 11.8 Å². The van der Waals surface area contributed by atoms with Crippen molar-refractivity contribution in [1.29, 1.82) is 0 Å². The Morgan fingerprint density at radius 2 is 1.49 bits per heavy atom. The molecule has 1 fully saturated rings. The molecule has 3 N–H and O–H groups in total. The minimum absolute atomic E-state index is 0.118. The van der Waals surface area contributed by atoms with Crippen molar-refractivity contribution >= 4 is 23.2 Å². The Balaban J connectivity index is 1.11. The van der Waals surface area contributed by atoms with Crippen molar-refractivity contribution < 1.29 is 18.7 Å². The molecule has 1 aliphatic heterocycles. The van der Waals surface area contributed by atoms with Crippen molar-refractivity contribution in [1.82, 2.24) is 14.8 Å². The third kappa shape index (κ3) is 6.77. The van der Waals surface area contributed by atoms with E-state index < -0.39 is 0 Å². The van der Waals surface area contributed by atoms with Crippen LogP contribution in [0.1, 0.15) is 26.4 Å². The van der Waals surface area contributed by atoms with Crippen LogP contribution in [0.25, 0.3) is 0 Å². The molecule has 1 aliphatic rings. The lowest BCUT2D eigenvalue weighted by Gasteiger charge is -2.34. The number of aromatic nitrogens is 1. The van der Waals surface area contributed by atoms with E-state index in [9.17, 15) is 14.0 Å². The van der Waals surface area contributed by atoms with Crippen LogP contribution in [0, 0.1) is 5.82 Å². The normalized spacial score (nSPS) is 13.6. The zero-order valence-corrected chi connectivity index (χ0v) is 21.2. The molecule has 0 radical (unpaired) electrons. The van der Waals surface area contributed by atoms with Crippen LogP contribution in [0.5, 0.6) is 11.5 Å². The van der Waals surface area contributed by atoms with Crippen LogP contribution in [0.15, 0.2) is 91.1 Å². The number of nitrogens with one attached hydrogen (secondary N) is 1. The number of piperazine rings is 1. The van der Waals surface area contributed by atoms with E-state index in [-0.39, 0.29) is 23.3 Å². The highest BCUT2D eigenvalue weighted by atomic mass is 19.1. The van der Waals surface area contributed by atoms with Gasteiger partial charge in [0.2, 0.25) is 0 Å². The molecule has 8 nitrogen and oxygen atoms in total. The van der Waals surface area contributed by atoms with Crippen LogP contribution >= 0.6 is 0 Å². The van der Waals surface area contributed by atoms with Crippen molar-refractivity contribution in [2.45, 2.75) is 6.54 Å². The van der Waals surface area contributed by atoms with E-state index >= 15 is 0 Å². The summed E-state index contributed by atoms with van der Waals surface area (Å²) in [6, 6.07) is 23.7. The Morgan fingerprint density at radius 3 is 2.10 bits per heavy atom. The molecule has 1 saturated heterocycles. The Morgan fingerprint density at radius 1 is 0.846 bits per heavy atom. The van der Waals surface area contributed by atoms with Crippen LogP contribution in [0.3, 0.4) is 0 Å². The van der Waals surface area contributed by atoms with E-state index in [1.165, 1.54) is 18.3 Å². The first-order valence-corrected chi connectivity index (χ1v) is 12.6. The largest absolute Gasteiger partial charge is 0.457 e. The Kier molecular flexibility index (Phi) is 7.79. The summed E-state index contributed by atoms with van der Waals surface area (Å²) in [5.74, 6) is 0.534. The lowest BCUT2D eigenvalue weighted by molar-refractivity contribution is 0.0627. The summed E-state index contributed by atoms with van der Waals surface area (Å²) in [4.78, 5) is 33.9. The molecule has 1 aromatic heterocycles. The van der Waals surface area contributed by atoms with E-state index in [0.29, 0.717) is 48.1 Å². The molecule has 39 heavy (non-hydrogen) atoms. The lowest BCUT2D eigenvalue weighted by Crippen LogP contribution is -2.48. The standard InChI is InChI=1S/C30H28FN5O3/c31-23-4-1-21(2-5-23)20-35-15-17-36(18-16-35)30(38)22-3-14-28(33-19-22)29(37)34-25-8-12-27(13-9-25)39-26-10-6-24(32)7-11-26/h1-14,19H,15-18,20,32H2,(H,34,37). The fourth-order valence-corrected chi connectivity index (χ4v) is 4.27. The molecule has 0 atom stereocenters. The smallest absolute Gasteiger partial charge is 0.274 e. The number of nitrogens with zero attached hydrogens (tertiary/aromatic N) is 3. The van der Waals surface area contributed by atoms with Gasteiger partial charge in [0.15, 0.2) is 0 Å². The van der Waals surface area contributed by atoms with E-state index in [1.54, 1.807) is 77.7 Å². The van der Waals surface area contributed by atoms with Crippen LogP contribution in [0.2, 0.25) is 0 Å². The summed E-state index contributed by atoms with van der Waals surface area (Å²) in [5.41, 5.74) is 8.61. The maximum atomic E-state index is 13.1. The third-order valence-corrected chi connectivity index (χ3v) is 6.45. The maximum absolute atomic E-state index is 13.1. The van der Waals surface area contributed by atoms with E-state index in [2.05, 4.69) is 15.2 Å². The van der Waals surface area contributed by atoms with Gasteiger partial charge in [0, 0.05) is 50.3 Å². The second-order valence-corrected chi connectivity index (χ2v) is 9.28. The van der Waals surface area contributed by atoms with Gasteiger partial charge < -0.3 is 20.7 Å². The highest BCUT2D eigenvalue weighted by Gasteiger charge is 2.23. The van der Waals surface area contributed by atoms with Crippen molar-refractivity contribution in [2.75, 3.05) is 37.2 Å². The summed E-state index contributed by atoms with van der Waals surface area (Å²) in [6.07, 6.45) is 1.44. The number of carbonyl (C=O) groups excluding carboxylic acids is 2. The van der Waals surface area contributed by atoms with Gasteiger partial charge in [0.05, 0.1) is 5.56 Å². The van der Waals surface area contributed by atoms with E-state index in [0.717, 1.165) is 18.7 Å². The zero-order chi connectivity index (χ0) is 27.2. The summed E-state index contributed by atoms with van der Waals surface area (Å²) in [7, 11) is 0. The van der Waals surface area contributed by atoms with Gasteiger partial charge in [-0.2, -0.15) is 0 Å². The first-order valence-electron chi connectivity index (χ1n) is 12.6. The first kappa shape index (κ1) is 25.9. The number of hydrogen-bond acceptors (Lipinski definition) is 6. The SMILES string of the molecule is Nc1ccc(Oc2ccc(NC(=O)c3ccc(C(=O)N4CCN(Cc5ccc(F)cc5)CC4)cn3)cc2)cc1. The number of halogens is 1. The highest BCUT2D eigenvalue weighted by Crippen LogP contribution is 2.24. The quantitative estimate of drug-likeness (QED) is 0.336. The van der Waals surface area contributed by atoms with Crippen molar-refractivity contribution in [3.63, 3.8) is 0 Å². The van der Waals surface area contributed by atoms with Crippen molar-refractivity contribution in [3.05, 3.63) is 114 Å². The molecule has 4 aromatic rings. The number of benzene rings is 3. The number of nitrogens with two attached hydrogens (primary N) is 1. The van der Waals surface area contributed by atoms with Gasteiger partial charge >= 0.3 is 0 Å². The predicted octanol–water partition coefficient (Wildman–Crippen LogP) is 4.81. The summed E-state index contributed by atoms with van der Waals surface area (Å²) >= 11 is 0. The fourth-order valence-electron chi connectivity index (χ4n) is 4.27. The molecular formula is C30H28FN5O3. The molecule has 0 bridgehead atoms. The number of carbonyl (C=O) groups is 2. The number of anilines is 2. The van der Waals surface area contributed by atoms with Crippen molar-refractivity contribution in [2.24, 2.45) is 0 Å². The van der Waals surface area contributed by atoms with Crippen LogP contribution < -0.4 is 15.8 Å². The molecule has 0 aliphatic carbocycles. The number of rotatable bonds is 7. The minimum atomic E-state index is -0.379. The zero-order valence-electron chi connectivity index (χ0n) is 21.2. The molecule has 0 unspecified atom stereocenters. The van der Waals surface area contributed by atoms with E-state index in [4.69, 9.17) is 10.5 Å². The first-order chi connectivity index (χ1) is 18.9. The third-order valence-electron chi connectivity index (χ3n) is 6.45. The molecule has 0 spiro atoms. The molecule has 0 saturated carbocycles. The van der Waals surface area contributed by atoms with Crippen LogP contribution in [0.4, 0.5) is 15.8 Å². The second kappa shape index (κ2) is 11.7. The number of hydrogen-bond donors (Lipinski definition) is 2. The predicted molar refractivity (Wildman–Crippen MR) is 147 cm³/mol.